The van der Waals surface area contributed by atoms with Crippen LogP contribution in [0.3, 0.4) is 0 Å². The number of carbonyl (C=O) groups excluding carboxylic acids is 3. The van der Waals surface area contributed by atoms with Gasteiger partial charge in [0.05, 0.1) is 30.4 Å². The molecule has 0 saturated carbocycles. The van der Waals surface area contributed by atoms with E-state index in [1.165, 1.54) is 4.90 Å². The highest BCUT2D eigenvalue weighted by atomic mass is 35.5. The van der Waals surface area contributed by atoms with Gasteiger partial charge in [-0.25, -0.2) is 4.79 Å². The van der Waals surface area contributed by atoms with Gasteiger partial charge in [0, 0.05) is 25.0 Å². The number of hydrogen-bond acceptors (Lipinski definition) is 4. The standard InChI is InChI=1S/C24H25ClN4O4/c1-28-19-15-29(13-11-20(30)26-12-14-33-16-7-3-2-4-8-16)23(31)21(19)22(27-24(28)32)17-9-5-6-10-18(17)25/h2-10,22H,11-15H2,1H3,(H,26,30)(H,27,32). The maximum absolute atomic E-state index is 13.2. The lowest BCUT2D eigenvalue weighted by Crippen LogP contribution is -2.45. The van der Waals surface area contributed by atoms with Crippen LogP contribution in [0.15, 0.2) is 65.9 Å². The quantitative estimate of drug-likeness (QED) is 0.583. The number of halogens is 1. The van der Waals surface area contributed by atoms with Crippen molar-refractivity contribution in [3.63, 3.8) is 0 Å². The Kier molecular flexibility index (Phi) is 6.84. The maximum atomic E-state index is 13.2. The van der Waals surface area contributed by atoms with Crippen molar-refractivity contribution in [1.29, 1.82) is 0 Å². The van der Waals surface area contributed by atoms with Crippen LogP contribution in [-0.4, -0.2) is 60.9 Å². The number of ether oxygens (including phenoxy) is 1. The van der Waals surface area contributed by atoms with Crippen LogP contribution in [0, 0.1) is 0 Å². The molecule has 2 heterocycles. The molecule has 33 heavy (non-hydrogen) atoms. The second kappa shape index (κ2) is 9.95. The molecule has 0 radical (unpaired) electrons. The van der Waals surface area contributed by atoms with Gasteiger partial charge in [-0.1, -0.05) is 48.0 Å². The molecule has 2 aliphatic rings. The minimum absolute atomic E-state index is 0.152. The first kappa shape index (κ1) is 22.7. The molecule has 0 saturated heterocycles. The fourth-order valence-corrected chi connectivity index (χ4v) is 4.19. The lowest BCUT2D eigenvalue weighted by Gasteiger charge is -2.31. The van der Waals surface area contributed by atoms with Crippen molar-refractivity contribution < 1.29 is 19.1 Å². The summed E-state index contributed by atoms with van der Waals surface area (Å²) in [6, 6.07) is 15.6. The third-order valence-electron chi connectivity index (χ3n) is 5.70. The molecule has 1 atom stereocenters. The normalized spacial score (nSPS) is 17.7. The average molecular weight is 469 g/mol. The molecule has 2 aromatic rings. The van der Waals surface area contributed by atoms with E-state index in [0.717, 1.165) is 5.75 Å². The second-order valence-electron chi connectivity index (χ2n) is 7.81. The van der Waals surface area contributed by atoms with Crippen molar-refractivity contribution >= 4 is 29.4 Å². The molecule has 172 valence electrons. The van der Waals surface area contributed by atoms with Crippen LogP contribution in [0.2, 0.25) is 5.02 Å². The zero-order chi connectivity index (χ0) is 23.4. The van der Waals surface area contributed by atoms with Gasteiger partial charge in [0.15, 0.2) is 0 Å². The summed E-state index contributed by atoms with van der Waals surface area (Å²) in [6.07, 6.45) is 0.152. The minimum atomic E-state index is -0.626. The zero-order valence-corrected chi connectivity index (χ0v) is 19.0. The van der Waals surface area contributed by atoms with Crippen LogP contribution < -0.4 is 15.4 Å². The number of nitrogens with zero attached hydrogens (tertiary/aromatic N) is 2. The molecule has 0 fully saturated rings. The predicted molar refractivity (Wildman–Crippen MR) is 124 cm³/mol. The maximum Gasteiger partial charge on any atom is 0.322 e. The Morgan fingerprint density at radius 1 is 1.15 bits per heavy atom. The first-order valence-electron chi connectivity index (χ1n) is 10.7. The number of hydrogen-bond donors (Lipinski definition) is 2. The molecule has 0 spiro atoms. The van der Waals surface area contributed by atoms with Crippen molar-refractivity contribution in [3.8, 4) is 5.75 Å². The topological polar surface area (TPSA) is 91.0 Å². The van der Waals surface area contributed by atoms with E-state index in [4.69, 9.17) is 16.3 Å². The number of nitrogens with one attached hydrogen (secondary N) is 2. The van der Waals surface area contributed by atoms with E-state index in [-0.39, 0.29) is 37.4 Å². The summed E-state index contributed by atoms with van der Waals surface area (Å²) in [7, 11) is 1.63. The first-order valence-corrected chi connectivity index (χ1v) is 11.1. The van der Waals surface area contributed by atoms with E-state index in [0.29, 0.717) is 35.0 Å². The molecular formula is C24H25ClN4O4. The van der Waals surface area contributed by atoms with Gasteiger partial charge in [-0.2, -0.15) is 0 Å². The molecule has 4 amide bonds. The van der Waals surface area contributed by atoms with Crippen molar-refractivity contribution in [1.82, 2.24) is 20.4 Å². The average Bonchev–Trinajstić information content (AvgIpc) is 3.15. The smallest absolute Gasteiger partial charge is 0.322 e. The Labute approximate surface area is 197 Å². The number of carbonyl (C=O) groups is 3. The first-order chi connectivity index (χ1) is 16.0. The monoisotopic (exact) mass is 468 g/mol. The molecule has 2 N–H and O–H groups in total. The Hall–Kier alpha value is -3.52. The molecule has 1 unspecified atom stereocenters. The highest BCUT2D eigenvalue weighted by Crippen LogP contribution is 2.37. The van der Waals surface area contributed by atoms with E-state index in [1.54, 1.807) is 30.1 Å². The predicted octanol–water partition coefficient (Wildman–Crippen LogP) is 2.72. The van der Waals surface area contributed by atoms with Gasteiger partial charge in [0.2, 0.25) is 5.91 Å². The van der Waals surface area contributed by atoms with Crippen LogP contribution >= 0.6 is 11.6 Å². The molecule has 0 aliphatic carbocycles. The van der Waals surface area contributed by atoms with Gasteiger partial charge < -0.3 is 20.3 Å². The molecular weight excluding hydrogens is 444 g/mol. The van der Waals surface area contributed by atoms with E-state index in [2.05, 4.69) is 10.6 Å². The van der Waals surface area contributed by atoms with E-state index in [1.807, 2.05) is 36.4 Å². The number of rotatable bonds is 8. The van der Waals surface area contributed by atoms with E-state index < -0.39 is 6.04 Å². The summed E-state index contributed by atoms with van der Waals surface area (Å²) in [4.78, 5) is 41.0. The number of benzene rings is 2. The van der Waals surface area contributed by atoms with Gasteiger partial charge in [0.1, 0.15) is 12.4 Å². The Balaban J connectivity index is 1.33. The molecule has 0 bridgehead atoms. The van der Waals surface area contributed by atoms with Crippen LogP contribution in [0.25, 0.3) is 0 Å². The summed E-state index contributed by atoms with van der Waals surface area (Å²) in [5.41, 5.74) is 1.78. The Morgan fingerprint density at radius 2 is 1.88 bits per heavy atom. The van der Waals surface area contributed by atoms with E-state index >= 15 is 0 Å². The highest BCUT2D eigenvalue weighted by molar-refractivity contribution is 6.31. The number of urea groups is 1. The lowest BCUT2D eigenvalue weighted by atomic mass is 9.95. The molecule has 8 nitrogen and oxygen atoms in total. The minimum Gasteiger partial charge on any atom is -0.492 e. The van der Waals surface area contributed by atoms with Crippen LogP contribution in [-0.2, 0) is 9.59 Å². The lowest BCUT2D eigenvalue weighted by molar-refractivity contribution is -0.127. The summed E-state index contributed by atoms with van der Waals surface area (Å²) >= 11 is 6.34. The summed E-state index contributed by atoms with van der Waals surface area (Å²) < 4.78 is 5.56. The van der Waals surface area contributed by atoms with Crippen molar-refractivity contribution in [2.45, 2.75) is 12.5 Å². The van der Waals surface area contributed by atoms with Crippen molar-refractivity contribution in [2.75, 3.05) is 33.3 Å². The Morgan fingerprint density at radius 3 is 2.64 bits per heavy atom. The van der Waals surface area contributed by atoms with Crippen molar-refractivity contribution in [3.05, 3.63) is 76.5 Å². The summed E-state index contributed by atoms with van der Waals surface area (Å²) in [5, 5.41) is 6.14. The van der Waals surface area contributed by atoms with Gasteiger partial charge >= 0.3 is 6.03 Å². The van der Waals surface area contributed by atoms with Crippen LogP contribution in [0.1, 0.15) is 18.0 Å². The largest absolute Gasteiger partial charge is 0.492 e. The van der Waals surface area contributed by atoms with E-state index in [9.17, 15) is 14.4 Å². The molecule has 0 aromatic heterocycles. The third kappa shape index (κ3) is 4.96. The number of para-hydroxylation sites is 1. The van der Waals surface area contributed by atoms with Gasteiger partial charge in [-0.3, -0.25) is 14.5 Å². The van der Waals surface area contributed by atoms with Gasteiger partial charge in [-0.15, -0.1) is 0 Å². The summed E-state index contributed by atoms with van der Waals surface area (Å²) in [5.74, 6) is 0.364. The third-order valence-corrected chi connectivity index (χ3v) is 6.04. The number of likely N-dealkylation sites (N-methyl/N-ethyl adjacent to an activating group) is 1. The van der Waals surface area contributed by atoms with Crippen LogP contribution in [0.5, 0.6) is 5.75 Å². The SMILES string of the molecule is CN1C(=O)NC(c2ccccc2Cl)C2=C1CN(CCC(=O)NCCOc1ccccc1)C2=O. The van der Waals surface area contributed by atoms with Gasteiger partial charge in [-0.05, 0) is 23.8 Å². The fraction of sp³-hybridized carbons (Fsp3) is 0.292. The highest BCUT2D eigenvalue weighted by Gasteiger charge is 2.43. The molecule has 2 aromatic carbocycles. The fourth-order valence-electron chi connectivity index (χ4n) is 3.95. The molecule has 4 rings (SSSR count). The second-order valence-corrected chi connectivity index (χ2v) is 8.22. The Bertz CT molecular complexity index is 1090. The summed E-state index contributed by atoms with van der Waals surface area (Å²) in [6.45, 7) is 1.23. The molecule has 9 heteroatoms. The number of amides is 4. The van der Waals surface area contributed by atoms with Gasteiger partial charge in [0.25, 0.3) is 5.91 Å². The zero-order valence-electron chi connectivity index (χ0n) is 18.2. The molecule has 2 aliphatic heterocycles. The van der Waals surface area contributed by atoms with Crippen LogP contribution in [0.4, 0.5) is 4.79 Å². The van der Waals surface area contributed by atoms with Crippen molar-refractivity contribution in [2.24, 2.45) is 0 Å².